The number of carbonyl (C=O) groups is 1. The summed E-state index contributed by atoms with van der Waals surface area (Å²) in [6.45, 7) is 1.59. The van der Waals surface area contributed by atoms with Gasteiger partial charge in [0.25, 0.3) is 5.91 Å². The van der Waals surface area contributed by atoms with E-state index in [4.69, 9.17) is 21.1 Å². The monoisotopic (exact) mass is 392 g/mol. The van der Waals surface area contributed by atoms with Crippen LogP contribution in [-0.2, 0) is 11.3 Å². The highest BCUT2D eigenvalue weighted by Gasteiger charge is 2.20. The summed E-state index contributed by atoms with van der Waals surface area (Å²) >= 11 is 5.70. The van der Waals surface area contributed by atoms with Crippen molar-refractivity contribution in [1.29, 1.82) is 0 Å². The van der Waals surface area contributed by atoms with Crippen molar-refractivity contribution in [3.63, 3.8) is 0 Å². The second-order valence-electron chi connectivity index (χ2n) is 6.53. The summed E-state index contributed by atoms with van der Waals surface area (Å²) in [5.41, 5.74) is 1.49. The molecule has 0 bridgehead atoms. The average Bonchev–Trinajstić information content (AvgIpc) is 3.48. The Labute approximate surface area is 162 Å². The van der Waals surface area contributed by atoms with E-state index in [9.17, 15) is 9.18 Å². The maximum absolute atomic E-state index is 13.2. The Morgan fingerprint density at radius 3 is 2.74 bits per heavy atom. The van der Waals surface area contributed by atoms with Crippen LogP contribution in [0, 0.1) is 11.7 Å². The highest BCUT2D eigenvalue weighted by atomic mass is 35.5. The minimum absolute atomic E-state index is 0.0544. The zero-order valence-electron chi connectivity index (χ0n) is 15.1. The number of benzene rings is 2. The molecule has 0 aromatic heterocycles. The summed E-state index contributed by atoms with van der Waals surface area (Å²) in [7, 11) is 1.56. The number of halogens is 2. The molecule has 0 radical (unpaired) electrons. The van der Waals surface area contributed by atoms with E-state index in [1.807, 2.05) is 12.1 Å². The van der Waals surface area contributed by atoms with Gasteiger partial charge in [-0.15, -0.1) is 0 Å². The van der Waals surface area contributed by atoms with Gasteiger partial charge >= 0.3 is 0 Å². The van der Waals surface area contributed by atoms with Gasteiger partial charge in [0.1, 0.15) is 5.82 Å². The van der Waals surface area contributed by atoms with Crippen LogP contribution in [0.2, 0.25) is 5.02 Å². The lowest BCUT2D eigenvalue weighted by Crippen LogP contribution is -2.20. The first-order chi connectivity index (χ1) is 13.0. The van der Waals surface area contributed by atoms with Crippen LogP contribution in [0.1, 0.15) is 18.4 Å². The minimum Gasteiger partial charge on any atom is -0.493 e. The summed E-state index contributed by atoms with van der Waals surface area (Å²) in [5.74, 6) is 0.954. The summed E-state index contributed by atoms with van der Waals surface area (Å²) in [5, 5.41) is 5.98. The van der Waals surface area contributed by atoms with Crippen LogP contribution >= 0.6 is 11.6 Å². The number of anilines is 1. The predicted octanol–water partition coefficient (Wildman–Crippen LogP) is 4.00. The van der Waals surface area contributed by atoms with E-state index in [-0.39, 0.29) is 17.5 Å². The Morgan fingerprint density at radius 2 is 2.04 bits per heavy atom. The second-order valence-corrected chi connectivity index (χ2v) is 6.93. The van der Waals surface area contributed by atoms with Crippen LogP contribution in [-0.4, -0.2) is 26.2 Å². The zero-order chi connectivity index (χ0) is 19.2. The maximum Gasteiger partial charge on any atom is 0.262 e. The van der Waals surface area contributed by atoms with E-state index in [2.05, 4.69) is 10.6 Å². The van der Waals surface area contributed by atoms with E-state index in [0.717, 1.165) is 24.6 Å². The lowest BCUT2D eigenvalue weighted by Gasteiger charge is -2.13. The summed E-state index contributed by atoms with van der Waals surface area (Å²) < 4.78 is 24.1. The van der Waals surface area contributed by atoms with Crippen molar-refractivity contribution in [1.82, 2.24) is 5.32 Å². The molecule has 0 unspecified atom stereocenters. The van der Waals surface area contributed by atoms with Crippen LogP contribution in [0.15, 0.2) is 36.4 Å². The molecule has 0 spiro atoms. The fourth-order valence-corrected chi connectivity index (χ4v) is 2.78. The zero-order valence-corrected chi connectivity index (χ0v) is 15.8. The fourth-order valence-electron chi connectivity index (χ4n) is 2.60. The molecular formula is C20H22ClFN2O3. The summed E-state index contributed by atoms with van der Waals surface area (Å²) in [6, 6.07) is 9.59. The third-order valence-electron chi connectivity index (χ3n) is 4.25. The summed E-state index contributed by atoms with van der Waals surface area (Å²) in [6.07, 6.45) is 2.63. The number of rotatable bonds is 9. The van der Waals surface area contributed by atoms with Crippen LogP contribution < -0.4 is 20.1 Å². The molecular weight excluding hydrogens is 371 g/mol. The molecule has 3 rings (SSSR count). The number of ether oxygens (including phenoxy) is 2. The van der Waals surface area contributed by atoms with E-state index in [1.54, 1.807) is 13.2 Å². The van der Waals surface area contributed by atoms with Crippen LogP contribution in [0.4, 0.5) is 10.1 Å². The van der Waals surface area contributed by atoms with Gasteiger partial charge in [-0.2, -0.15) is 0 Å². The van der Waals surface area contributed by atoms with Crippen molar-refractivity contribution < 1.29 is 18.7 Å². The van der Waals surface area contributed by atoms with Crippen LogP contribution in [0.3, 0.4) is 0 Å². The smallest absolute Gasteiger partial charge is 0.262 e. The fraction of sp³-hybridized carbons (Fsp3) is 0.350. The van der Waals surface area contributed by atoms with Gasteiger partial charge in [0, 0.05) is 12.2 Å². The number of methoxy groups -OCH3 is 1. The molecule has 0 heterocycles. The number of amides is 1. The molecule has 1 amide bonds. The first-order valence-electron chi connectivity index (χ1n) is 8.80. The molecule has 27 heavy (non-hydrogen) atoms. The first-order valence-corrected chi connectivity index (χ1v) is 9.18. The van der Waals surface area contributed by atoms with Gasteiger partial charge in [0.15, 0.2) is 18.1 Å². The largest absolute Gasteiger partial charge is 0.493 e. The molecule has 0 saturated heterocycles. The lowest BCUT2D eigenvalue weighted by atomic mass is 10.2. The number of nitrogens with one attached hydrogen (secondary N) is 2. The molecule has 1 fully saturated rings. The van der Waals surface area contributed by atoms with Crippen LogP contribution in [0.25, 0.3) is 0 Å². The SMILES string of the molecule is COc1cc(CNCC2CC2)ccc1OCC(=O)Nc1ccc(F)c(Cl)c1. The van der Waals surface area contributed by atoms with Crippen molar-refractivity contribution in [2.75, 3.05) is 25.6 Å². The highest BCUT2D eigenvalue weighted by molar-refractivity contribution is 6.31. The Bertz CT molecular complexity index is 812. The van der Waals surface area contributed by atoms with E-state index >= 15 is 0 Å². The molecule has 0 atom stereocenters. The van der Waals surface area contributed by atoms with Gasteiger partial charge in [0.05, 0.1) is 12.1 Å². The third-order valence-corrected chi connectivity index (χ3v) is 4.54. The molecule has 2 N–H and O–H groups in total. The molecule has 1 saturated carbocycles. The molecule has 2 aromatic carbocycles. The standard InChI is InChI=1S/C20H22ClFN2O3/c1-26-19-8-14(11-23-10-13-2-3-13)4-7-18(19)27-12-20(25)24-15-5-6-17(22)16(21)9-15/h4-9,13,23H,2-3,10-12H2,1H3,(H,24,25). The molecule has 1 aliphatic carbocycles. The van der Waals surface area contributed by atoms with Crippen molar-refractivity contribution in [2.24, 2.45) is 5.92 Å². The van der Waals surface area contributed by atoms with Gasteiger partial charge in [0.2, 0.25) is 0 Å². The molecule has 0 aliphatic heterocycles. The lowest BCUT2D eigenvalue weighted by molar-refractivity contribution is -0.118. The normalized spacial score (nSPS) is 13.3. The number of carbonyl (C=O) groups excluding carboxylic acids is 1. The Hall–Kier alpha value is -2.31. The van der Waals surface area contributed by atoms with Crippen molar-refractivity contribution in [2.45, 2.75) is 19.4 Å². The van der Waals surface area contributed by atoms with Crippen LogP contribution in [0.5, 0.6) is 11.5 Å². The van der Waals surface area contributed by atoms with Gasteiger partial charge in [-0.3, -0.25) is 4.79 Å². The highest BCUT2D eigenvalue weighted by Crippen LogP contribution is 2.29. The average molecular weight is 393 g/mol. The second kappa shape index (κ2) is 9.06. The Kier molecular flexibility index (Phi) is 6.53. The van der Waals surface area contributed by atoms with E-state index in [1.165, 1.54) is 31.0 Å². The number of hydrogen-bond donors (Lipinski definition) is 2. The Morgan fingerprint density at radius 1 is 1.22 bits per heavy atom. The van der Waals surface area contributed by atoms with Gasteiger partial charge in [-0.25, -0.2) is 4.39 Å². The maximum atomic E-state index is 13.2. The molecule has 7 heteroatoms. The van der Waals surface area contributed by atoms with Gasteiger partial charge in [-0.1, -0.05) is 17.7 Å². The molecule has 2 aromatic rings. The molecule has 1 aliphatic rings. The molecule has 144 valence electrons. The van der Waals surface area contributed by atoms with E-state index < -0.39 is 5.82 Å². The Balaban J connectivity index is 1.52. The number of hydrogen-bond acceptors (Lipinski definition) is 4. The van der Waals surface area contributed by atoms with Crippen molar-refractivity contribution >= 4 is 23.2 Å². The minimum atomic E-state index is -0.539. The predicted molar refractivity (Wildman–Crippen MR) is 103 cm³/mol. The third kappa shape index (κ3) is 5.84. The van der Waals surface area contributed by atoms with Crippen molar-refractivity contribution in [3.05, 3.63) is 52.8 Å². The molecule has 5 nitrogen and oxygen atoms in total. The van der Waals surface area contributed by atoms with Gasteiger partial charge in [-0.05, 0) is 61.2 Å². The quantitative estimate of drug-likeness (QED) is 0.677. The first kappa shape index (κ1) is 19.5. The van der Waals surface area contributed by atoms with Gasteiger partial charge < -0.3 is 20.1 Å². The summed E-state index contributed by atoms with van der Waals surface area (Å²) in [4.78, 5) is 12.0. The van der Waals surface area contributed by atoms with Crippen molar-refractivity contribution in [3.8, 4) is 11.5 Å². The topological polar surface area (TPSA) is 59.6 Å². The van der Waals surface area contributed by atoms with E-state index in [0.29, 0.717) is 17.2 Å².